The second-order valence-corrected chi connectivity index (χ2v) is 5.34. The highest BCUT2D eigenvalue weighted by Crippen LogP contribution is 2.21. The summed E-state index contributed by atoms with van der Waals surface area (Å²) in [5, 5.41) is 0. The van der Waals surface area contributed by atoms with Crippen LogP contribution in [0.3, 0.4) is 0 Å². The van der Waals surface area contributed by atoms with E-state index in [0.29, 0.717) is 21.1 Å². The topological polar surface area (TPSA) is 59.9 Å². The van der Waals surface area contributed by atoms with Gasteiger partial charge in [-0.1, -0.05) is 12.1 Å². The van der Waals surface area contributed by atoms with Crippen molar-refractivity contribution in [2.75, 3.05) is 0 Å². The minimum atomic E-state index is -0.180. The molecule has 0 aliphatic heterocycles. The molecule has 0 spiro atoms. The van der Waals surface area contributed by atoms with Crippen molar-refractivity contribution in [3.05, 3.63) is 82.1 Å². The summed E-state index contributed by atoms with van der Waals surface area (Å²) >= 11 is 1.16. The first kappa shape index (κ1) is 13.3. The van der Waals surface area contributed by atoms with Gasteiger partial charge >= 0.3 is 0 Å². The van der Waals surface area contributed by atoms with Crippen LogP contribution in [0.4, 0.5) is 0 Å². The number of aromatic nitrogens is 2. The molecule has 3 heterocycles. The van der Waals surface area contributed by atoms with Gasteiger partial charge in [-0.15, -0.1) is 11.3 Å². The number of carbonyl (C=O) groups excluding carboxylic acids is 2. The Labute approximate surface area is 125 Å². The zero-order valence-corrected chi connectivity index (χ0v) is 11.7. The van der Waals surface area contributed by atoms with Crippen molar-refractivity contribution in [3.8, 4) is 0 Å². The van der Waals surface area contributed by atoms with E-state index < -0.39 is 0 Å². The number of hydrogen-bond donors (Lipinski definition) is 0. The van der Waals surface area contributed by atoms with Crippen molar-refractivity contribution in [2.24, 2.45) is 0 Å². The molecule has 0 aliphatic carbocycles. The lowest BCUT2D eigenvalue weighted by Gasteiger charge is -1.97. The van der Waals surface area contributed by atoms with Crippen LogP contribution in [0.25, 0.3) is 0 Å². The number of hydrogen-bond acceptors (Lipinski definition) is 5. The summed E-state index contributed by atoms with van der Waals surface area (Å²) in [6.07, 6.45) is 3.14. The summed E-state index contributed by atoms with van der Waals surface area (Å²) < 4.78 is 0. The molecule has 0 atom stereocenters. The molecular formula is C16H10N2O2S. The molecule has 3 rings (SSSR count). The number of nitrogens with zero attached hydrogens (tertiary/aromatic N) is 2. The molecular weight excluding hydrogens is 284 g/mol. The Balaban J connectivity index is 1.87. The molecule has 0 aliphatic rings. The smallest absolute Gasteiger partial charge is 0.221 e. The monoisotopic (exact) mass is 294 g/mol. The molecule has 3 aromatic heterocycles. The predicted molar refractivity (Wildman–Crippen MR) is 79.7 cm³/mol. The number of pyridine rings is 2. The standard InChI is InChI=1S/C16H10N2O2S/c19-15(11-5-1-3-9-17-11)13-7-8-14(21-13)16(20)12-6-2-4-10-18-12/h1-10H. The van der Waals surface area contributed by atoms with Gasteiger partial charge in [-0.25, -0.2) is 0 Å². The summed E-state index contributed by atoms with van der Waals surface area (Å²) in [4.78, 5) is 33.5. The number of thiophene rings is 1. The molecule has 0 unspecified atom stereocenters. The van der Waals surface area contributed by atoms with E-state index in [1.165, 1.54) is 0 Å². The van der Waals surface area contributed by atoms with Gasteiger partial charge in [0.25, 0.3) is 0 Å². The molecule has 0 N–H and O–H groups in total. The molecule has 5 heteroatoms. The van der Waals surface area contributed by atoms with Gasteiger partial charge in [-0.2, -0.15) is 0 Å². The average molecular weight is 294 g/mol. The van der Waals surface area contributed by atoms with Crippen LogP contribution in [-0.2, 0) is 0 Å². The van der Waals surface area contributed by atoms with Crippen LogP contribution < -0.4 is 0 Å². The fourth-order valence-corrected chi connectivity index (χ4v) is 2.73. The maximum absolute atomic E-state index is 12.2. The van der Waals surface area contributed by atoms with Gasteiger partial charge in [0.1, 0.15) is 11.4 Å². The minimum Gasteiger partial charge on any atom is -0.286 e. The van der Waals surface area contributed by atoms with Crippen molar-refractivity contribution in [1.29, 1.82) is 0 Å². The highest BCUT2D eigenvalue weighted by molar-refractivity contribution is 7.16. The summed E-state index contributed by atoms with van der Waals surface area (Å²) in [7, 11) is 0. The molecule has 0 aromatic carbocycles. The Hall–Kier alpha value is -2.66. The molecule has 0 saturated carbocycles. The Morgan fingerprint density at radius 1 is 0.714 bits per heavy atom. The van der Waals surface area contributed by atoms with E-state index in [-0.39, 0.29) is 11.6 Å². The van der Waals surface area contributed by atoms with Gasteiger partial charge in [-0.05, 0) is 36.4 Å². The predicted octanol–water partition coefficient (Wildman–Crippen LogP) is 3.00. The second-order valence-electron chi connectivity index (χ2n) is 4.25. The van der Waals surface area contributed by atoms with Crippen LogP contribution in [-0.4, -0.2) is 21.5 Å². The van der Waals surface area contributed by atoms with Crippen LogP contribution >= 0.6 is 11.3 Å². The molecule has 0 radical (unpaired) electrons. The minimum absolute atomic E-state index is 0.180. The van der Waals surface area contributed by atoms with Crippen molar-refractivity contribution >= 4 is 22.9 Å². The van der Waals surface area contributed by atoms with Gasteiger partial charge < -0.3 is 0 Å². The normalized spacial score (nSPS) is 10.3. The fraction of sp³-hybridized carbons (Fsp3) is 0. The third kappa shape index (κ3) is 2.78. The van der Waals surface area contributed by atoms with Gasteiger partial charge in [0, 0.05) is 12.4 Å². The van der Waals surface area contributed by atoms with Crippen molar-refractivity contribution in [1.82, 2.24) is 9.97 Å². The van der Waals surface area contributed by atoms with E-state index in [1.807, 2.05) is 0 Å². The first-order chi connectivity index (χ1) is 10.3. The first-order valence-electron chi connectivity index (χ1n) is 6.27. The Morgan fingerprint density at radius 2 is 1.19 bits per heavy atom. The van der Waals surface area contributed by atoms with E-state index in [0.717, 1.165) is 11.3 Å². The third-order valence-corrected chi connectivity index (χ3v) is 3.93. The molecule has 102 valence electrons. The summed E-state index contributed by atoms with van der Waals surface area (Å²) in [5.74, 6) is -0.360. The van der Waals surface area contributed by atoms with Crippen molar-refractivity contribution < 1.29 is 9.59 Å². The molecule has 0 amide bonds. The Bertz CT molecular complexity index is 716. The number of ketones is 2. The van der Waals surface area contributed by atoms with E-state index >= 15 is 0 Å². The lowest BCUT2D eigenvalue weighted by atomic mass is 10.2. The SMILES string of the molecule is O=C(c1ccccn1)c1ccc(C(=O)c2ccccn2)s1. The summed E-state index contributed by atoms with van der Waals surface area (Å²) in [6, 6.07) is 13.6. The van der Waals surface area contributed by atoms with E-state index in [4.69, 9.17) is 0 Å². The zero-order valence-electron chi connectivity index (χ0n) is 10.9. The van der Waals surface area contributed by atoms with E-state index in [2.05, 4.69) is 9.97 Å². The maximum atomic E-state index is 12.2. The van der Waals surface area contributed by atoms with Crippen LogP contribution in [0.5, 0.6) is 0 Å². The fourth-order valence-electron chi connectivity index (χ4n) is 1.83. The second kappa shape index (κ2) is 5.76. The quantitative estimate of drug-likeness (QED) is 0.694. The van der Waals surface area contributed by atoms with Crippen molar-refractivity contribution in [2.45, 2.75) is 0 Å². The highest BCUT2D eigenvalue weighted by atomic mass is 32.1. The van der Waals surface area contributed by atoms with Gasteiger partial charge in [0.05, 0.1) is 9.75 Å². The van der Waals surface area contributed by atoms with Gasteiger partial charge in [-0.3, -0.25) is 19.6 Å². The molecule has 4 nitrogen and oxygen atoms in total. The highest BCUT2D eigenvalue weighted by Gasteiger charge is 2.17. The van der Waals surface area contributed by atoms with Gasteiger partial charge in [0.2, 0.25) is 11.6 Å². The lowest BCUT2D eigenvalue weighted by Crippen LogP contribution is -2.02. The van der Waals surface area contributed by atoms with E-state index in [1.54, 1.807) is 60.9 Å². The largest absolute Gasteiger partial charge is 0.286 e. The van der Waals surface area contributed by atoms with Crippen LogP contribution in [0.2, 0.25) is 0 Å². The third-order valence-electron chi connectivity index (χ3n) is 2.85. The zero-order chi connectivity index (χ0) is 14.7. The van der Waals surface area contributed by atoms with Gasteiger partial charge in [0.15, 0.2) is 0 Å². The lowest BCUT2D eigenvalue weighted by molar-refractivity contribution is 0.103. The first-order valence-corrected chi connectivity index (χ1v) is 7.08. The van der Waals surface area contributed by atoms with E-state index in [9.17, 15) is 9.59 Å². The number of carbonyl (C=O) groups is 2. The molecule has 0 bridgehead atoms. The van der Waals surface area contributed by atoms with Crippen molar-refractivity contribution in [3.63, 3.8) is 0 Å². The average Bonchev–Trinajstić information content (AvgIpc) is 3.05. The summed E-state index contributed by atoms with van der Waals surface area (Å²) in [6.45, 7) is 0. The molecule has 0 saturated heterocycles. The molecule has 0 fully saturated rings. The number of rotatable bonds is 4. The van der Waals surface area contributed by atoms with Crippen LogP contribution in [0, 0.1) is 0 Å². The Kier molecular flexibility index (Phi) is 3.66. The Morgan fingerprint density at radius 3 is 1.57 bits per heavy atom. The molecule has 3 aromatic rings. The maximum Gasteiger partial charge on any atom is 0.221 e. The molecule has 21 heavy (non-hydrogen) atoms. The van der Waals surface area contributed by atoms with Crippen LogP contribution in [0.15, 0.2) is 60.9 Å². The van der Waals surface area contributed by atoms with Crippen LogP contribution in [0.1, 0.15) is 30.7 Å². The summed E-state index contributed by atoms with van der Waals surface area (Å²) in [5.41, 5.74) is 0.743.